The van der Waals surface area contributed by atoms with E-state index in [1.54, 1.807) is 6.26 Å². The van der Waals surface area contributed by atoms with Crippen LogP contribution in [0.1, 0.15) is 65.2 Å². The molecule has 2 fully saturated rings. The van der Waals surface area contributed by atoms with Crippen LogP contribution in [0.4, 0.5) is 0 Å². The summed E-state index contributed by atoms with van der Waals surface area (Å²) in [4.78, 5) is 24.0. The standard InChI is InChI=1S/C24H32O6/c1-13-16-8-10-28-18(16)11-17-21(13)19(29-14(2)25)12-24(27)22(4,5)9-7-20(23(17,24)6)30-15(3)26/h8,10,17,19-21,27H,1,7,9,11-12H2,2-6H3. The van der Waals surface area contributed by atoms with Gasteiger partial charge in [0.05, 0.1) is 11.9 Å². The van der Waals surface area contributed by atoms with Crippen molar-refractivity contribution >= 4 is 17.5 Å². The minimum Gasteiger partial charge on any atom is -0.469 e. The zero-order valence-corrected chi connectivity index (χ0v) is 18.5. The highest BCUT2D eigenvalue weighted by Gasteiger charge is 2.71. The van der Waals surface area contributed by atoms with Crippen LogP contribution >= 0.6 is 0 Å². The summed E-state index contributed by atoms with van der Waals surface area (Å²) in [6.45, 7) is 13.3. The van der Waals surface area contributed by atoms with Gasteiger partial charge in [0.15, 0.2) is 0 Å². The number of furan rings is 1. The van der Waals surface area contributed by atoms with Crippen LogP contribution in [-0.2, 0) is 25.5 Å². The van der Waals surface area contributed by atoms with Crippen molar-refractivity contribution in [1.82, 2.24) is 0 Å². The normalized spacial score (nSPS) is 39.3. The first-order valence-corrected chi connectivity index (χ1v) is 10.7. The maximum absolute atomic E-state index is 12.3. The number of ether oxygens (including phenoxy) is 2. The van der Waals surface area contributed by atoms with Gasteiger partial charge in [-0.15, -0.1) is 0 Å². The molecule has 3 aliphatic carbocycles. The fraction of sp³-hybridized carbons (Fsp3) is 0.667. The Morgan fingerprint density at radius 1 is 1.20 bits per heavy atom. The molecule has 4 rings (SSSR count). The Bertz CT molecular complexity index is 897. The van der Waals surface area contributed by atoms with Crippen molar-refractivity contribution < 1.29 is 28.6 Å². The van der Waals surface area contributed by atoms with Gasteiger partial charge in [-0.2, -0.15) is 0 Å². The van der Waals surface area contributed by atoms with Gasteiger partial charge in [0, 0.05) is 43.6 Å². The molecule has 30 heavy (non-hydrogen) atoms. The Hall–Kier alpha value is -2.08. The van der Waals surface area contributed by atoms with E-state index in [2.05, 4.69) is 20.4 Å². The SMILES string of the molecule is C=C1c2ccoc2CC2C1C(OC(C)=O)CC1(O)C(C)(C)CCC(OC(C)=O)C21C. The van der Waals surface area contributed by atoms with Crippen LogP contribution in [-0.4, -0.2) is 34.9 Å². The molecule has 3 aliphatic rings. The van der Waals surface area contributed by atoms with Crippen LogP contribution in [0, 0.1) is 22.7 Å². The molecule has 164 valence electrons. The molecular weight excluding hydrogens is 384 g/mol. The number of rotatable bonds is 2. The van der Waals surface area contributed by atoms with Crippen LogP contribution in [0.2, 0.25) is 0 Å². The van der Waals surface area contributed by atoms with Gasteiger partial charge < -0.3 is 19.0 Å². The van der Waals surface area contributed by atoms with Crippen LogP contribution in [0.5, 0.6) is 0 Å². The molecule has 0 bridgehead atoms. The summed E-state index contributed by atoms with van der Waals surface area (Å²) < 4.78 is 17.4. The largest absolute Gasteiger partial charge is 0.469 e. The van der Waals surface area contributed by atoms with Crippen molar-refractivity contribution in [3.63, 3.8) is 0 Å². The molecule has 0 radical (unpaired) electrons. The summed E-state index contributed by atoms with van der Waals surface area (Å²) in [5.74, 6) is -0.248. The third-order valence-corrected chi connectivity index (χ3v) is 8.34. The lowest BCUT2D eigenvalue weighted by Crippen LogP contribution is -2.73. The molecular formula is C24H32O6. The van der Waals surface area contributed by atoms with Crippen molar-refractivity contribution in [1.29, 1.82) is 0 Å². The highest BCUT2D eigenvalue weighted by molar-refractivity contribution is 5.72. The lowest BCUT2D eigenvalue weighted by Gasteiger charge is -2.68. The summed E-state index contributed by atoms with van der Waals surface area (Å²) >= 11 is 0. The van der Waals surface area contributed by atoms with E-state index in [1.807, 2.05) is 13.0 Å². The number of esters is 2. The summed E-state index contributed by atoms with van der Waals surface area (Å²) in [5, 5.41) is 12.3. The molecule has 6 nitrogen and oxygen atoms in total. The Labute approximate surface area is 177 Å². The van der Waals surface area contributed by atoms with E-state index >= 15 is 0 Å². The van der Waals surface area contributed by atoms with Crippen LogP contribution < -0.4 is 0 Å². The van der Waals surface area contributed by atoms with Crippen molar-refractivity contribution in [2.45, 2.75) is 78.1 Å². The van der Waals surface area contributed by atoms with E-state index in [-0.39, 0.29) is 30.2 Å². The highest BCUT2D eigenvalue weighted by Crippen LogP contribution is 2.67. The average Bonchev–Trinajstić information content (AvgIpc) is 3.10. The molecule has 0 aliphatic heterocycles. The quantitative estimate of drug-likeness (QED) is 0.736. The van der Waals surface area contributed by atoms with Crippen LogP contribution in [0.15, 0.2) is 23.3 Å². The molecule has 6 atom stereocenters. The number of carbonyl (C=O) groups excluding carboxylic acids is 2. The molecule has 0 aromatic carbocycles. The van der Waals surface area contributed by atoms with Gasteiger partial charge >= 0.3 is 11.9 Å². The summed E-state index contributed by atoms with van der Waals surface area (Å²) in [5.41, 5.74) is -0.609. The monoisotopic (exact) mass is 416 g/mol. The lowest BCUT2D eigenvalue weighted by atomic mass is 9.40. The smallest absolute Gasteiger partial charge is 0.302 e. The molecule has 1 aromatic heterocycles. The fourth-order valence-electron chi connectivity index (χ4n) is 6.77. The van der Waals surface area contributed by atoms with E-state index in [1.165, 1.54) is 13.8 Å². The van der Waals surface area contributed by atoms with E-state index in [9.17, 15) is 14.7 Å². The third-order valence-electron chi connectivity index (χ3n) is 8.34. The average molecular weight is 417 g/mol. The van der Waals surface area contributed by atoms with E-state index in [0.29, 0.717) is 19.3 Å². The zero-order valence-electron chi connectivity index (χ0n) is 18.5. The fourth-order valence-corrected chi connectivity index (χ4v) is 6.77. The number of hydrogen-bond donors (Lipinski definition) is 1. The first kappa shape index (κ1) is 21.2. The Balaban J connectivity index is 1.91. The van der Waals surface area contributed by atoms with Gasteiger partial charge in [-0.05, 0) is 35.8 Å². The molecule has 0 saturated heterocycles. The van der Waals surface area contributed by atoms with Gasteiger partial charge in [0.25, 0.3) is 0 Å². The second-order valence-corrected chi connectivity index (χ2v) is 10.1. The molecule has 1 heterocycles. The topological polar surface area (TPSA) is 86.0 Å². The van der Waals surface area contributed by atoms with Crippen molar-refractivity contribution in [3.8, 4) is 0 Å². The summed E-state index contributed by atoms with van der Waals surface area (Å²) in [7, 11) is 0. The molecule has 0 amide bonds. The van der Waals surface area contributed by atoms with Gasteiger partial charge in [0.2, 0.25) is 0 Å². The van der Waals surface area contributed by atoms with Crippen molar-refractivity contribution in [3.05, 3.63) is 30.2 Å². The van der Waals surface area contributed by atoms with Gasteiger partial charge in [-0.1, -0.05) is 27.4 Å². The second-order valence-electron chi connectivity index (χ2n) is 10.1. The van der Waals surface area contributed by atoms with Gasteiger partial charge in [-0.25, -0.2) is 0 Å². The van der Waals surface area contributed by atoms with Gasteiger partial charge in [-0.3, -0.25) is 9.59 Å². The summed E-state index contributed by atoms with van der Waals surface area (Å²) in [6, 6.07) is 1.90. The van der Waals surface area contributed by atoms with E-state index in [4.69, 9.17) is 13.9 Å². The number of carbonyl (C=O) groups is 2. The minimum absolute atomic E-state index is 0.157. The maximum atomic E-state index is 12.3. The molecule has 6 heteroatoms. The molecule has 0 spiro atoms. The Kier molecular flexibility index (Phi) is 4.73. The molecule has 1 N–H and O–H groups in total. The van der Waals surface area contributed by atoms with Crippen molar-refractivity contribution in [2.24, 2.45) is 22.7 Å². The predicted octanol–water partition coefficient (Wildman–Crippen LogP) is 3.91. The van der Waals surface area contributed by atoms with E-state index in [0.717, 1.165) is 16.9 Å². The maximum Gasteiger partial charge on any atom is 0.302 e. The highest BCUT2D eigenvalue weighted by atomic mass is 16.6. The van der Waals surface area contributed by atoms with Crippen LogP contribution in [0.25, 0.3) is 5.57 Å². The van der Waals surface area contributed by atoms with Crippen molar-refractivity contribution in [2.75, 3.05) is 0 Å². The molecule has 6 unspecified atom stereocenters. The first-order valence-electron chi connectivity index (χ1n) is 10.7. The Morgan fingerprint density at radius 3 is 2.50 bits per heavy atom. The van der Waals surface area contributed by atoms with Gasteiger partial charge in [0.1, 0.15) is 18.0 Å². The van der Waals surface area contributed by atoms with E-state index < -0.39 is 28.6 Å². The second kappa shape index (κ2) is 6.71. The lowest BCUT2D eigenvalue weighted by molar-refractivity contribution is -0.290. The first-order chi connectivity index (χ1) is 13.9. The Morgan fingerprint density at radius 2 is 1.87 bits per heavy atom. The minimum atomic E-state index is -1.20. The predicted molar refractivity (Wildman–Crippen MR) is 110 cm³/mol. The summed E-state index contributed by atoms with van der Waals surface area (Å²) in [6.07, 6.45) is 2.92. The number of aliphatic hydroxyl groups is 1. The number of fused-ring (bicyclic) bond motifs is 4. The molecule has 2 saturated carbocycles. The molecule has 1 aromatic rings. The van der Waals surface area contributed by atoms with Crippen LogP contribution in [0.3, 0.4) is 0 Å². The zero-order chi connectivity index (χ0) is 22.1. The number of hydrogen-bond acceptors (Lipinski definition) is 6. The third kappa shape index (κ3) is 2.72.